The molecule has 0 aliphatic carbocycles. The van der Waals surface area contributed by atoms with Gasteiger partial charge >= 0.3 is 0 Å². The number of thiophene rings is 2. The first kappa shape index (κ1) is 15.3. The molecule has 0 saturated heterocycles. The summed E-state index contributed by atoms with van der Waals surface area (Å²) in [6.07, 6.45) is 1.99. The molecule has 3 rings (SSSR count). The molecule has 0 unspecified atom stereocenters. The first-order valence-corrected chi connectivity index (χ1v) is 9.83. The van der Waals surface area contributed by atoms with E-state index in [1.807, 2.05) is 47.3 Å². The number of carbonyl (C=O) groups is 1. The standard InChI is InChI=1S/C17H15NOS3/c1-20-14-6-3-2-5-13(14)17(19)18-16(12-8-10-21-11-12)15-7-4-9-22-15/h2-11,16H,1H3,(H,18,19)/t16-/m1/s1. The van der Waals surface area contributed by atoms with Crippen LogP contribution in [0.3, 0.4) is 0 Å². The Hall–Kier alpha value is -1.56. The van der Waals surface area contributed by atoms with Gasteiger partial charge in [0, 0.05) is 9.77 Å². The molecule has 0 aliphatic heterocycles. The molecule has 1 N–H and O–H groups in total. The Morgan fingerprint density at radius 3 is 2.68 bits per heavy atom. The van der Waals surface area contributed by atoms with Crippen LogP contribution in [0.2, 0.25) is 0 Å². The van der Waals surface area contributed by atoms with Crippen LogP contribution in [0.4, 0.5) is 0 Å². The molecular formula is C17H15NOS3. The molecule has 0 aliphatic rings. The molecule has 0 bridgehead atoms. The van der Waals surface area contributed by atoms with Gasteiger partial charge in [-0.05, 0) is 52.2 Å². The van der Waals surface area contributed by atoms with Gasteiger partial charge in [0.2, 0.25) is 0 Å². The molecule has 1 aromatic carbocycles. The second kappa shape index (κ2) is 7.13. The highest BCUT2D eigenvalue weighted by Gasteiger charge is 2.20. The normalized spacial score (nSPS) is 12.0. The second-order valence-corrected chi connectivity index (χ2v) is 7.29. The summed E-state index contributed by atoms with van der Waals surface area (Å²) < 4.78 is 0. The van der Waals surface area contributed by atoms with Crippen molar-refractivity contribution >= 4 is 40.3 Å². The molecule has 112 valence electrons. The Morgan fingerprint density at radius 1 is 1.14 bits per heavy atom. The summed E-state index contributed by atoms with van der Waals surface area (Å²) in [6, 6.07) is 13.8. The number of hydrogen-bond donors (Lipinski definition) is 1. The zero-order valence-corrected chi connectivity index (χ0v) is 14.4. The van der Waals surface area contributed by atoms with Crippen molar-refractivity contribution in [3.8, 4) is 0 Å². The van der Waals surface area contributed by atoms with E-state index in [1.54, 1.807) is 34.4 Å². The predicted molar refractivity (Wildman–Crippen MR) is 96.2 cm³/mol. The van der Waals surface area contributed by atoms with Gasteiger partial charge in [0.1, 0.15) is 0 Å². The third-order valence-corrected chi connectivity index (χ3v) is 5.77. The molecule has 3 aromatic rings. The van der Waals surface area contributed by atoms with Crippen molar-refractivity contribution in [3.63, 3.8) is 0 Å². The maximum absolute atomic E-state index is 12.7. The summed E-state index contributed by atoms with van der Waals surface area (Å²) in [5.74, 6) is -0.0328. The van der Waals surface area contributed by atoms with Crippen molar-refractivity contribution in [2.45, 2.75) is 10.9 Å². The van der Waals surface area contributed by atoms with Gasteiger partial charge in [-0.3, -0.25) is 4.79 Å². The monoisotopic (exact) mass is 345 g/mol. The smallest absolute Gasteiger partial charge is 0.253 e. The topological polar surface area (TPSA) is 29.1 Å². The maximum Gasteiger partial charge on any atom is 0.253 e. The van der Waals surface area contributed by atoms with Crippen molar-refractivity contribution in [2.24, 2.45) is 0 Å². The number of hydrogen-bond acceptors (Lipinski definition) is 4. The first-order valence-electron chi connectivity index (χ1n) is 6.79. The fraction of sp³-hybridized carbons (Fsp3) is 0.118. The zero-order valence-electron chi connectivity index (χ0n) is 12.0. The average molecular weight is 346 g/mol. The number of carbonyl (C=O) groups excluding carboxylic acids is 1. The lowest BCUT2D eigenvalue weighted by Crippen LogP contribution is -2.28. The third-order valence-electron chi connectivity index (χ3n) is 3.33. The van der Waals surface area contributed by atoms with Gasteiger partial charge in [-0.25, -0.2) is 0 Å². The van der Waals surface area contributed by atoms with E-state index in [4.69, 9.17) is 0 Å². The minimum atomic E-state index is -0.0892. The maximum atomic E-state index is 12.7. The number of rotatable bonds is 5. The van der Waals surface area contributed by atoms with Crippen molar-refractivity contribution in [2.75, 3.05) is 6.26 Å². The van der Waals surface area contributed by atoms with Crippen molar-refractivity contribution in [1.29, 1.82) is 0 Å². The van der Waals surface area contributed by atoms with Gasteiger partial charge in [0.15, 0.2) is 0 Å². The molecule has 5 heteroatoms. The summed E-state index contributed by atoms with van der Waals surface area (Å²) in [7, 11) is 0. The van der Waals surface area contributed by atoms with E-state index < -0.39 is 0 Å². The van der Waals surface area contributed by atoms with Crippen LogP contribution in [0.5, 0.6) is 0 Å². The Labute approximate surface area is 142 Å². The van der Waals surface area contributed by atoms with Gasteiger partial charge < -0.3 is 5.32 Å². The predicted octanol–water partition coefficient (Wildman–Crippen LogP) is 5.05. The number of nitrogens with one attached hydrogen (secondary N) is 1. The number of amides is 1. The van der Waals surface area contributed by atoms with Gasteiger partial charge in [0.05, 0.1) is 11.6 Å². The van der Waals surface area contributed by atoms with Crippen LogP contribution in [-0.2, 0) is 0 Å². The van der Waals surface area contributed by atoms with Gasteiger partial charge in [-0.1, -0.05) is 18.2 Å². The fourth-order valence-corrected chi connectivity index (χ4v) is 4.34. The lowest BCUT2D eigenvalue weighted by Gasteiger charge is -2.17. The van der Waals surface area contributed by atoms with Gasteiger partial charge in [0.25, 0.3) is 5.91 Å². The van der Waals surface area contributed by atoms with Crippen LogP contribution >= 0.6 is 34.4 Å². The van der Waals surface area contributed by atoms with Crippen LogP contribution in [0.25, 0.3) is 0 Å². The molecule has 2 aromatic heterocycles. The number of benzene rings is 1. The van der Waals surface area contributed by atoms with Crippen LogP contribution in [0.1, 0.15) is 26.8 Å². The molecule has 2 heterocycles. The SMILES string of the molecule is CSc1ccccc1C(=O)N[C@H](c1ccsc1)c1cccs1. The molecule has 0 saturated carbocycles. The fourth-order valence-electron chi connectivity index (χ4n) is 2.25. The minimum Gasteiger partial charge on any atom is -0.340 e. The Balaban J connectivity index is 1.89. The number of thioether (sulfide) groups is 1. The van der Waals surface area contributed by atoms with Gasteiger partial charge in [-0.2, -0.15) is 11.3 Å². The van der Waals surface area contributed by atoms with E-state index in [9.17, 15) is 4.79 Å². The lowest BCUT2D eigenvalue weighted by molar-refractivity contribution is 0.0940. The zero-order chi connectivity index (χ0) is 15.4. The van der Waals surface area contributed by atoms with Crippen LogP contribution < -0.4 is 5.32 Å². The highest BCUT2D eigenvalue weighted by atomic mass is 32.2. The van der Waals surface area contributed by atoms with E-state index in [0.717, 1.165) is 20.9 Å². The summed E-state index contributed by atoms with van der Waals surface area (Å²) in [4.78, 5) is 14.9. The Kier molecular flexibility index (Phi) is 4.97. The Morgan fingerprint density at radius 2 is 2.00 bits per heavy atom. The van der Waals surface area contributed by atoms with Crippen LogP contribution in [0.15, 0.2) is 63.5 Å². The van der Waals surface area contributed by atoms with Crippen molar-refractivity contribution in [3.05, 3.63) is 74.6 Å². The molecule has 0 fully saturated rings. The lowest BCUT2D eigenvalue weighted by atomic mass is 10.1. The Bertz CT molecular complexity index is 701. The van der Waals surface area contributed by atoms with E-state index in [-0.39, 0.29) is 11.9 Å². The summed E-state index contributed by atoms with van der Waals surface area (Å²) in [5, 5.41) is 9.34. The molecule has 1 atom stereocenters. The van der Waals surface area contributed by atoms with E-state index in [0.29, 0.717) is 0 Å². The minimum absolute atomic E-state index is 0.0328. The van der Waals surface area contributed by atoms with Crippen LogP contribution in [-0.4, -0.2) is 12.2 Å². The molecule has 2 nitrogen and oxygen atoms in total. The molecule has 22 heavy (non-hydrogen) atoms. The van der Waals surface area contributed by atoms with E-state index in [1.165, 1.54) is 0 Å². The molecule has 1 amide bonds. The molecular weight excluding hydrogens is 330 g/mol. The second-order valence-electron chi connectivity index (χ2n) is 4.68. The van der Waals surface area contributed by atoms with Crippen LogP contribution in [0, 0.1) is 0 Å². The quantitative estimate of drug-likeness (QED) is 0.656. The van der Waals surface area contributed by atoms with E-state index in [2.05, 4.69) is 22.8 Å². The first-order chi connectivity index (χ1) is 10.8. The summed E-state index contributed by atoms with van der Waals surface area (Å²) in [6.45, 7) is 0. The molecule has 0 radical (unpaired) electrons. The van der Waals surface area contributed by atoms with Gasteiger partial charge in [-0.15, -0.1) is 23.1 Å². The van der Waals surface area contributed by atoms with E-state index >= 15 is 0 Å². The third kappa shape index (κ3) is 3.27. The largest absolute Gasteiger partial charge is 0.340 e. The van der Waals surface area contributed by atoms with Crippen molar-refractivity contribution < 1.29 is 4.79 Å². The highest BCUT2D eigenvalue weighted by Crippen LogP contribution is 2.28. The summed E-state index contributed by atoms with van der Waals surface area (Å²) >= 11 is 4.90. The molecule has 0 spiro atoms. The summed E-state index contributed by atoms with van der Waals surface area (Å²) in [5.41, 5.74) is 1.86. The van der Waals surface area contributed by atoms with Crippen molar-refractivity contribution in [1.82, 2.24) is 5.32 Å². The average Bonchev–Trinajstić information content (AvgIpc) is 3.25. The highest BCUT2D eigenvalue weighted by molar-refractivity contribution is 7.98.